The van der Waals surface area contributed by atoms with Gasteiger partial charge in [-0.05, 0) is 52.5 Å². The molecule has 11 nitrogen and oxygen atoms in total. The summed E-state index contributed by atoms with van der Waals surface area (Å²) < 4.78 is 1.58. The molecular formula is C25H30N8O3. The molecule has 1 aliphatic carbocycles. The summed E-state index contributed by atoms with van der Waals surface area (Å²) in [6, 6.07) is 5.61. The molecule has 0 spiro atoms. The number of nitrogens with one attached hydrogen (secondary N) is 3. The summed E-state index contributed by atoms with van der Waals surface area (Å²) >= 11 is 0. The Balaban J connectivity index is 1.50. The molecule has 1 fully saturated rings. The molecule has 11 heteroatoms. The normalized spacial score (nSPS) is 18.4. The number of aromatic nitrogens is 4. The summed E-state index contributed by atoms with van der Waals surface area (Å²) in [5.41, 5.74) is 2.06. The zero-order valence-electron chi connectivity index (χ0n) is 20.5. The van der Waals surface area contributed by atoms with Crippen LogP contribution in [0.4, 0.5) is 5.69 Å². The highest BCUT2D eigenvalue weighted by Gasteiger charge is 2.26. The van der Waals surface area contributed by atoms with Crippen LogP contribution >= 0.6 is 0 Å². The van der Waals surface area contributed by atoms with Crippen LogP contribution in [0.15, 0.2) is 30.7 Å². The van der Waals surface area contributed by atoms with Gasteiger partial charge in [0.25, 0.3) is 5.91 Å². The molecule has 0 aromatic carbocycles. The first-order valence-corrected chi connectivity index (χ1v) is 12.0. The molecule has 1 aliphatic rings. The third-order valence-electron chi connectivity index (χ3n) is 6.12. The van der Waals surface area contributed by atoms with Gasteiger partial charge in [0.15, 0.2) is 11.5 Å². The van der Waals surface area contributed by atoms with Crippen molar-refractivity contribution in [2.24, 2.45) is 0 Å². The molecule has 1 saturated carbocycles. The van der Waals surface area contributed by atoms with Gasteiger partial charge in [0.2, 0.25) is 5.91 Å². The van der Waals surface area contributed by atoms with Crippen LogP contribution in [0.5, 0.6) is 0 Å². The molecular weight excluding hydrogens is 460 g/mol. The Bertz CT molecular complexity index is 1300. The lowest BCUT2D eigenvalue weighted by molar-refractivity contribution is -0.129. The number of aliphatic hydroxyl groups is 1. The number of hydrogen-bond donors (Lipinski definition) is 4. The minimum absolute atomic E-state index is 0.00103. The molecule has 36 heavy (non-hydrogen) atoms. The van der Waals surface area contributed by atoms with Crippen LogP contribution < -0.4 is 16.0 Å². The molecule has 0 radical (unpaired) electrons. The fourth-order valence-electron chi connectivity index (χ4n) is 4.29. The molecule has 188 valence electrons. The molecule has 3 heterocycles. The summed E-state index contributed by atoms with van der Waals surface area (Å²) in [6.07, 6.45) is 6.52. The zero-order chi connectivity index (χ0) is 25.8. The lowest BCUT2D eigenvalue weighted by Crippen LogP contribution is -2.46. The Labute approximate surface area is 208 Å². The maximum atomic E-state index is 13.2. The van der Waals surface area contributed by atoms with Gasteiger partial charge in [0.1, 0.15) is 12.2 Å². The highest BCUT2D eigenvalue weighted by molar-refractivity contribution is 5.99. The average Bonchev–Trinajstić information content (AvgIpc) is 3.27. The van der Waals surface area contributed by atoms with Crippen molar-refractivity contribution in [3.63, 3.8) is 0 Å². The van der Waals surface area contributed by atoms with Gasteiger partial charge < -0.3 is 21.1 Å². The van der Waals surface area contributed by atoms with Crippen molar-refractivity contribution in [1.82, 2.24) is 30.4 Å². The number of nitriles is 1. The number of fused-ring (bicyclic) bond motifs is 1. The third kappa shape index (κ3) is 5.60. The predicted octanol–water partition coefficient (Wildman–Crippen LogP) is 2.05. The van der Waals surface area contributed by atoms with Crippen LogP contribution in [0.2, 0.25) is 0 Å². The fraction of sp³-hybridized carbons (Fsp3) is 0.440. The van der Waals surface area contributed by atoms with Crippen molar-refractivity contribution in [1.29, 1.82) is 5.26 Å². The number of nitrogens with zero attached hydrogens (tertiary/aromatic N) is 5. The molecule has 3 aromatic rings. The van der Waals surface area contributed by atoms with Crippen LogP contribution in [-0.2, 0) is 4.79 Å². The van der Waals surface area contributed by atoms with Gasteiger partial charge in [0.05, 0.1) is 23.0 Å². The second-order valence-electron chi connectivity index (χ2n) is 9.40. The van der Waals surface area contributed by atoms with E-state index in [4.69, 9.17) is 5.26 Å². The largest absolute Gasteiger partial charge is 0.384 e. The standard InChI is InChI=1S/C25H30N8O3/c1-14(2)30-21-9-22(33-23-17(12-29-33)8-16(10-26)11-28-23)27-13-20(21)25(36)32-19-6-4-18(5-7-19)31-24(35)15(3)34/h8-9,11-15,18-19,34H,4-7H2,1-3H3,(H,27,30)(H,31,35)(H,32,36). The average molecular weight is 491 g/mol. The Morgan fingerprint density at radius 3 is 2.39 bits per heavy atom. The van der Waals surface area contributed by atoms with Crippen LogP contribution in [0.25, 0.3) is 16.9 Å². The van der Waals surface area contributed by atoms with Crippen molar-refractivity contribution in [2.45, 2.75) is 70.7 Å². The van der Waals surface area contributed by atoms with Gasteiger partial charge in [-0.15, -0.1) is 0 Å². The van der Waals surface area contributed by atoms with Crippen molar-refractivity contribution < 1.29 is 14.7 Å². The fourth-order valence-corrected chi connectivity index (χ4v) is 4.29. The third-order valence-corrected chi connectivity index (χ3v) is 6.12. The quantitative estimate of drug-likeness (QED) is 0.392. The first-order chi connectivity index (χ1) is 17.2. The Kier molecular flexibility index (Phi) is 7.45. The minimum Gasteiger partial charge on any atom is -0.384 e. The van der Waals surface area contributed by atoms with E-state index in [1.165, 1.54) is 19.3 Å². The van der Waals surface area contributed by atoms with Gasteiger partial charge in [-0.3, -0.25) is 9.59 Å². The number of carbonyl (C=O) groups excluding carboxylic acids is 2. The Hall–Kier alpha value is -4.04. The molecule has 0 aliphatic heterocycles. The van der Waals surface area contributed by atoms with Crippen molar-refractivity contribution in [3.8, 4) is 11.9 Å². The van der Waals surface area contributed by atoms with Gasteiger partial charge in [-0.25, -0.2) is 9.97 Å². The van der Waals surface area contributed by atoms with Crippen LogP contribution in [0.1, 0.15) is 62.4 Å². The lowest BCUT2D eigenvalue weighted by atomic mass is 9.91. The van der Waals surface area contributed by atoms with Crippen LogP contribution in [0, 0.1) is 11.3 Å². The summed E-state index contributed by atoms with van der Waals surface area (Å²) in [6.45, 7) is 5.41. The molecule has 0 saturated heterocycles. The van der Waals surface area contributed by atoms with Crippen molar-refractivity contribution in [3.05, 3.63) is 41.9 Å². The molecule has 4 N–H and O–H groups in total. The summed E-state index contributed by atoms with van der Waals surface area (Å²) in [5.74, 6) is -0.101. The van der Waals surface area contributed by atoms with E-state index >= 15 is 0 Å². The number of rotatable bonds is 7. The van der Waals surface area contributed by atoms with Gasteiger partial charge in [0, 0.05) is 42.0 Å². The van der Waals surface area contributed by atoms with Crippen LogP contribution in [0.3, 0.4) is 0 Å². The molecule has 3 aromatic heterocycles. The van der Waals surface area contributed by atoms with E-state index in [0.29, 0.717) is 28.3 Å². The summed E-state index contributed by atoms with van der Waals surface area (Å²) in [4.78, 5) is 33.7. The summed E-state index contributed by atoms with van der Waals surface area (Å²) in [5, 5.41) is 32.9. The van der Waals surface area contributed by atoms with E-state index in [0.717, 1.165) is 31.1 Å². The molecule has 4 rings (SSSR count). The van der Waals surface area contributed by atoms with Gasteiger partial charge in [-0.1, -0.05) is 0 Å². The van der Waals surface area contributed by atoms with Crippen molar-refractivity contribution >= 4 is 28.5 Å². The van der Waals surface area contributed by atoms with Gasteiger partial charge in [-0.2, -0.15) is 15.0 Å². The minimum atomic E-state index is -1.03. The number of aliphatic hydroxyl groups excluding tert-OH is 1. The first-order valence-electron chi connectivity index (χ1n) is 12.0. The van der Waals surface area contributed by atoms with E-state index in [1.807, 2.05) is 13.8 Å². The number of amides is 2. The van der Waals surface area contributed by atoms with E-state index in [1.54, 1.807) is 23.0 Å². The number of pyridine rings is 2. The second-order valence-corrected chi connectivity index (χ2v) is 9.40. The monoisotopic (exact) mass is 490 g/mol. The number of hydrogen-bond acceptors (Lipinski definition) is 8. The smallest absolute Gasteiger partial charge is 0.255 e. The number of anilines is 1. The van der Waals surface area contributed by atoms with Crippen molar-refractivity contribution in [2.75, 3.05) is 5.32 Å². The first kappa shape index (κ1) is 25.1. The zero-order valence-corrected chi connectivity index (χ0v) is 20.5. The topological polar surface area (TPSA) is 158 Å². The van der Waals surface area contributed by atoms with Gasteiger partial charge >= 0.3 is 0 Å². The number of carbonyl (C=O) groups is 2. The molecule has 1 atom stereocenters. The molecule has 1 unspecified atom stereocenters. The van der Waals surface area contributed by atoms with Crippen LogP contribution in [-0.4, -0.2) is 60.9 Å². The highest BCUT2D eigenvalue weighted by atomic mass is 16.3. The van der Waals surface area contributed by atoms with E-state index in [-0.39, 0.29) is 29.9 Å². The van der Waals surface area contributed by atoms with E-state index in [9.17, 15) is 14.7 Å². The predicted molar refractivity (Wildman–Crippen MR) is 133 cm³/mol. The second kappa shape index (κ2) is 10.7. The Morgan fingerprint density at radius 2 is 1.75 bits per heavy atom. The maximum Gasteiger partial charge on any atom is 0.255 e. The molecule has 0 bridgehead atoms. The molecule has 2 amide bonds. The maximum absolute atomic E-state index is 13.2. The SMILES string of the molecule is CC(C)Nc1cc(-n2ncc3cc(C#N)cnc32)ncc1C(=O)NC1CCC(NC(=O)C(C)O)CC1. The lowest BCUT2D eigenvalue weighted by Gasteiger charge is -2.30. The Morgan fingerprint density at radius 1 is 1.06 bits per heavy atom. The highest BCUT2D eigenvalue weighted by Crippen LogP contribution is 2.24. The summed E-state index contributed by atoms with van der Waals surface area (Å²) in [7, 11) is 0. The van der Waals surface area contributed by atoms with E-state index < -0.39 is 6.10 Å². The van der Waals surface area contributed by atoms with E-state index in [2.05, 4.69) is 37.1 Å².